The molecule has 2 N–H and O–H groups in total. The number of likely N-dealkylation sites (N-methyl/N-ethyl adjacent to an activating group) is 1. The molecule has 4 fully saturated rings. The summed E-state index contributed by atoms with van der Waals surface area (Å²) in [5.41, 5.74) is 1.43. The highest BCUT2D eigenvalue weighted by Crippen LogP contribution is 2.55. The fourth-order valence-electron chi connectivity index (χ4n) is 5.93. The van der Waals surface area contributed by atoms with Gasteiger partial charge in [-0.2, -0.15) is 0 Å². The second-order valence-electron chi connectivity index (χ2n) is 8.92. The van der Waals surface area contributed by atoms with Gasteiger partial charge < -0.3 is 10.2 Å². The molecule has 0 saturated heterocycles. The monoisotopic (exact) mass is 327 g/mol. The van der Waals surface area contributed by atoms with Gasteiger partial charge in [-0.1, -0.05) is 30.3 Å². The van der Waals surface area contributed by atoms with Crippen molar-refractivity contribution in [3.05, 3.63) is 35.9 Å². The first kappa shape index (κ1) is 16.1. The standard InChI is InChI=1S/C21H30N2O/c1-15(23(2)14-16-6-4-3-5-7-16)20(24)22-21-11-17-8-18(12-21)10-19(9-17)13-21/h3-7,15,17-19H,8-14H2,1-2H3,(H,22,24)/p+1/t15-,17?,18?,19?,21?/m0/s1. The highest BCUT2D eigenvalue weighted by molar-refractivity contribution is 5.80. The summed E-state index contributed by atoms with van der Waals surface area (Å²) in [5, 5.41) is 3.53. The first-order valence-electron chi connectivity index (χ1n) is 9.71. The molecule has 3 nitrogen and oxygen atoms in total. The van der Waals surface area contributed by atoms with Crippen molar-refractivity contribution in [1.82, 2.24) is 5.32 Å². The maximum Gasteiger partial charge on any atom is 0.278 e. The molecule has 4 aliphatic carbocycles. The zero-order chi connectivity index (χ0) is 16.7. The third-order valence-corrected chi connectivity index (χ3v) is 6.88. The summed E-state index contributed by atoms with van der Waals surface area (Å²) in [4.78, 5) is 14.2. The van der Waals surface area contributed by atoms with Gasteiger partial charge >= 0.3 is 0 Å². The predicted molar refractivity (Wildman–Crippen MR) is 95.5 cm³/mol. The molecule has 0 aromatic heterocycles. The highest BCUT2D eigenvalue weighted by Gasteiger charge is 2.52. The van der Waals surface area contributed by atoms with Crippen LogP contribution in [0.5, 0.6) is 0 Å². The molecule has 4 bridgehead atoms. The Labute approximate surface area is 145 Å². The minimum Gasteiger partial charge on any atom is -0.345 e. The number of carbonyl (C=O) groups is 1. The maximum atomic E-state index is 12.9. The van der Waals surface area contributed by atoms with Crippen molar-refractivity contribution in [1.29, 1.82) is 0 Å². The summed E-state index contributed by atoms with van der Waals surface area (Å²) in [6, 6.07) is 10.5. The Morgan fingerprint density at radius 3 is 2.21 bits per heavy atom. The molecule has 1 aromatic rings. The van der Waals surface area contributed by atoms with Crippen LogP contribution in [0.25, 0.3) is 0 Å². The normalized spacial score (nSPS) is 36.3. The second kappa shape index (κ2) is 6.18. The molecule has 1 aromatic carbocycles. The van der Waals surface area contributed by atoms with E-state index in [4.69, 9.17) is 0 Å². The van der Waals surface area contributed by atoms with Gasteiger partial charge in [0.05, 0.1) is 7.05 Å². The van der Waals surface area contributed by atoms with Gasteiger partial charge in [0.2, 0.25) is 0 Å². The van der Waals surface area contributed by atoms with Crippen molar-refractivity contribution < 1.29 is 9.69 Å². The molecule has 0 radical (unpaired) electrons. The van der Waals surface area contributed by atoms with E-state index in [1.165, 1.54) is 49.0 Å². The van der Waals surface area contributed by atoms with Crippen molar-refractivity contribution in [2.45, 2.75) is 63.6 Å². The number of amides is 1. The fourth-order valence-corrected chi connectivity index (χ4v) is 5.93. The molecule has 0 heterocycles. The van der Waals surface area contributed by atoms with E-state index >= 15 is 0 Å². The van der Waals surface area contributed by atoms with Crippen molar-refractivity contribution in [2.75, 3.05) is 7.05 Å². The minimum absolute atomic E-state index is 0.00166. The molecule has 2 atom stereocenters. The number of rotatable bonds is 5. The third kappa shape index (κ3) is 3.11. The average Bonchev–Trinajstić information content (AvgIpc) is 2.53. The summed E-state index contributed by atoms with van der Waals surface area (Å²) in [7, 11) is 2.14. The van der Waals surface area contributed by atoms with Gasteiger partial charge in [-0.3, -0.25) is 4.79 Å². The Hall–Kier alpha value is -1.35. The van der Waals surface area contributed by atoms with E-state index in [0.29, 0.717) is 0 Å². The molecule has 5 rings (SSSR count). The van der Waals surface area contributed by atoms with Crippen molar-refractivity contribution in [3.63, 3.8) is 0 Å². The van der Waals surface area contributed by atoms with Crippen LogP contribution < -0.4 is 10.2 Å². The molecule has 4 aliphatic rings. The van der Waals surface area contributed by atoms with Crippen LogP contribution in [-0.4, -0.2) is 24.5 Å². The molecule has 1 unspecified atom stereocenters. The Morgan fingerprint density at radius 2 is 1.67 bits per heavy atom. The Kier molecular flexibility index (Phi) is 4.16. The maximum absolute atomic E-state index is 12.9. The van der Waals surface area contributed by atoms with Crippen LogP contribution >= 0.6 is 0 Å². The molecule has 0 aliphatic heterocycles. The van der Waals surface area contributed by atoms with Crippen molar-refractivity contribution >= 4 is 5.91 Å². The lowest BCUT2D eigenvalue weighted by molar-refractivity contribution is -0.908. The minimum atomic E-state index is -0.00166. The number of quaternary nitrogens is 1. The van der Waals surface area contributed by atoms with E-state index in [2.05, 4.69) is 43.6 Å². The van der Waals surface area contributed by atoms with Crippen LogP contribution in [-0.2, 0) is 11.3 Å². The number of nitrogens with one attached hydrogen (secondary N) is 2. The molecule has 0 spiro atoms. The van der Waals surface area contributed by atoms with Gasteiger partial charge in [0.15, 0.2) is 6.04 Å². The van der Waals surface area contributed by atoms with Crippen LogP contribution in [0, 0.1) is 17.8 Å². The lowest BCUT2D eigenvalue weighted by Crippen LogP contribution is -3.12. The SMILES string of the molecule is C[C@@H](C(=O)NC12CC3CC(CC(C3)C1)C2)[NH+](C)Cc1ccccc1. The molecular formula is C21H31N2O+. The van der Waals surface area contributed by atoms with Gasteiger partial charge in [-0.25, -0.2) is 0 Å². The van der Waals surface area contributed by atoms with Gasteiger partial charge in [0, 0.05) is 11.1 Å². The molecule has 130 valence electrons. The molecule has 1 amide bonds. The zero-order valence-corrected chi connectivity index (χ0v) is 15.1. The lowest BCUT2D eigenvalue weighted by atomic mass is 9.53. The molecule has 3 heteroatoms. The largest absolute Gasteiger partial charge is 0.345 e. The van der Waals surface area contributed by atoms with E-state index in [1.54, 1.807) is 0 Å². The van der Waals surface area contributed by atoms with Crippen LogP contribution in [0.15, 0.2) is 30.3 Å². The second-order valence-corrected chi connectivity index (χ2v) is 8.92. The van der Waals surface area contributed by atoms with Crippen LogP contribution in [0.2, 0.25) is 0 Å². The van der Waals surface area contributed by atoms with E-state index < -0.39 is 0 Å². The van der Waals surface area contributed by atoms with E-state index in [1.807, 2.05) is 6.07 Å². The average molecular weight is 327 g/mol. The number of hydrogen-bond acceptors (Lipinski definition) is 1. The topological polar surface area (TPSA) is 33.5 Å². The smallest absolute Gasteiger partial charge is 0.278 e. The highest BCUT2D eigenvalue weighted by atomic mass is 16.2. The first-order valence-corrected chi connectivity index (χ1v) is 9.71. The summed E-state index contributed by atoms with van der Waals surface area (Å²) in [6.45, 7) is 2.98. The summed E-state index contributed by atoms with van der Waals surface area (Å²) in [6.07, 6.45) is 7.96. The van der Waals surface area contributed by atoms with Gasteiger partial charge in [-0.05, 0) is 63.2 Å². The Bertz CT molecular complexity index is 562. The number of hydrogen-bond donors (Lipinski definition) is 2. The number of benzene rings is 1. The molecule has 4 saturated carbocycles. The van der Waals surface area contributed by atoms with Crippen LogP contribution in [0.1, 0.15) is 51.0 Å². The summed E-state index contributed by atoms with van der Waals surface area (Å²) >= 11 is 0. The van der Waals surface area contributed by atoms with E-state index in [-0.39, 0.29) is 17.5 Å². The van der Waals surface area contributed by atoms with Gasteiger partial charge in [0.1, 0.15) is 6.54 Å². The van der Waals surface area contributed by atoms with E-state index in [0.717, 1.165) is 24.3 Å². The number of carbonyl (C=O) groups excluding carboxylic acids is 1. The van der Waals surface area contributed by atoms with Gasteiger partial charge in [0.25, 0.3) is 5.91 Å². The third-order valence-electron chi connectivity index (χ3n) is 6.88. The lowest BCUT2D eigenvalue weighted by Gasteiger charge is -2.57. The predicted octanol–water partition coefficient (Wildman–Crippen LogP) is 2.17. The fraction of sp³-hybridized carbons (Fsp3) is 0.667. The molecule has 24 heavy (non-hydrogen) atoms. The van der Waals surface area contributed by atoms with E-state index in [9.17, 15) is 4.79 Å². The first-order chi connectivity index (χ1) is 11.5. The quantitative estimate of drug-likeness (QED) is 0.854. The Morgan fingerprint density at radius 1 is 1.12 bits per heavy atom. The van der Waals surface area contributed by atoms with Crippen LogP contribution in [0.3, 0.4) is 0 Å². The van der Waals surface area contributed by atoms with Crippen LogP contribution in [0.4, 0.5) is 0 Å². The Balaban J connectivity index is 1.39. The van der Waals surface area contributed by atoms with Crippen molar-refractivity contribution in [2.24, 2.45) is 17.8 Å². The zero-order valence-electron chi connectivity index (χ0n) is 15.1. The van der Waals surface area contributed by atoms with Crippen molar-refractivity contribution in [3.8, 4) is 0 Å². The van der Waals surface area contributed by atoms with Gasteiger partial charge in [-0.15, -0.1) is 0 Å². The summed E-state index contributed by atoms with van der Waals surface area (Å²) < 4.78 is 0. The summed E-state index contributed by atoms with van der Waals surface area (Å²) in [5.74, 6) is 2.88. The molecular weight excluding hydrogens is 296 g/mol.